The zero-order chi connectivity index (χ0) is 17.1. The van der Waals surface area contributed by atoms with Crippen LogP contribution in [-0.2, 0) is 9.59 Å². The summed E-state index contributed by atoms with van der Waals surface area (Å²) in [5.74, 6) is -0.207. The minimum absolute atomic E-state index is 0.0190. The molecule has 120 valence electrons. The maximum absolute atomic E-state index is 12.5. The van der Waals surface area contributed by atoms with E-state index in [4.69, 9.17) is 9.47 Å². The lowest BCUT2D eigenvalue weighted by Crippen LogP contribution is -2.25. The molecule has 6 heteroatoms. The Morgan fingerprint density at radius 1 is 0.583 bits per heavy atom. The van der Waals surface area contributed by atoms with Crippen LogP contribution in [0.25, 0.3) is 0 Å². The fourth-order valence-corrected chi connectivity index (χ4v) is 2.88. The molecule has 0 aromatic heterocycles. The number of rotatable bonds is 4. The van der Waals surface area contributed by atoms with Crippen molar-refractivity contribution in [2.24, 2.45) is 0 Å². The molecule has 3 rings (SSSR count). The van der Waals surface area contributed by atoms with E-state index in [1.165, 1.54) is 0 Å². The minimum atomic E-state index is -0.476. The molecule has 0 unspecified atom stereocenters. The van der Waals surface area contributed by atoms with E-state index in [1.807, 2.05) is 12.1 Å². The van der Waals surface area contributed by atoms with Gasteiger partial charge in [0, 0.05) is 0 Å². The largest absolute Gasteiger partial charge is 0.452 e. The Bertz CT molecular complexity index is 782. The lowest BCUT2D eigenvalue weighted by molar-refractivity contribution is -0.118. The van der Waals surface area contributed by atoms with Crippen molar-refractivity contribution in [2.45, 2.75) is 0 Å². The van der Waals surface area contributed by atoms with Crippen molar-refractivity contribution in [3.63, 3.8) is 0 Å². The predicted molar refractivity (Wildman–Crippen MR) is 96.1 cm³/mol. The first-order valence-corrected chi connectivity index (χ1v) is 8.51. The summed E-state index contributed by atoms with van der Waals surface area (Å²) < 4.78 is 11.2. The first-order chi connectivity index (χ1) is 11.6. The monoisotopic (exact) mass is 448 g/mol. The second-order valence-electron chi connectivity index (χ2n) is 4.77. The number of benzene rings is 2. The van der Waals surface area contributed by atoms with Crippen LogP contribution in [0.15, 0.2) is 81.1 Å². The molecule has 0 atom stereocenters. The molecule has 1 aliphatic carbocycles. The lowest BCUT2D eigenvalue weighted by Gasteiger charge is -2.18. The van der Waals surface area contributed by atoms with Gasteiger partial charge in [-0.1, -0.05) is 36.4 Å². The third-order valence-electron chi connectivity index (χ3n) is 3.14. The summed E-state index contributed by atoms with van der Waals surface area (Å²) in [5, 5.41) is 0. The molecule has 0 radical (unpaired) electrons. The van der Waals surface area contributed by atoms with E-state index in [9.17, 15) is 9.59 Å². The summed E-state index contributed by atoms with van der Waals surface area (Å²) in [7, 11) is 0. The first kappa shape index (κ1) is 16.7. The Morgan fingerprint density at radius 3 is 1.25 bits per heavy atom. The van der Waals surface area contributed by atoms with E-state index in [-0.39, 0.29) is 20.5 Å². The summed E-state index contributed by atoms with van der Waals surface area (Å²) in [4.78, 5) is 25.1. The average molecular weight is 450 g/mol. The van der Waals surface area contributed by atoms with Crippen LogP contribution in [0, 0.1) is 0 Å². The minimum Gasteiger partial charge on any atom is -0.452 e. The Kier molecular flexibility index (Phi) is 4.97. The normalized spacial score (nSPS) is 14.9. The molecule has 0 saturated heterocycles. The van der Waals surface area contributed by atoms with Gasteiger partial charge in [0.15, 0.2) is 11.5 Å². The number of hydrogen-bond donors (Lipinski definition) is 0. The van der Waals surface area contributed by atoms with Crippen molar-refractivity contribution in [3.8, 4) is 11.5 Å². The fourth-order valence-electron chi connectivity index (χ4n) is 2.00. The second kappa shape index (κ2) is 7.15. The van der Waals surface area contributed by atoms with E-state index in [1.54, 1.807) is 48.5 Å². The maximum Gasteiger partial charge on any atom is 0.240 e. The van der Waals surface area contributed by atoms with Gasteiger partial charge in [-0.2, -0.15) is 0 Å². The van der Waals surface area contributed by atoms with E-state index in [2.05, 4.69) is 31.9 Å². The van der Waals surface area contributed by atoms with E-state index < -0.39 is 11.6 Å². The summed E-state index contributed by atoms with van der Waals surface area (Å²) in [6.45, 7) is 0. The molecule has 1 aliphatic rings. The number of ketones is 2. The molecule has 0 aliphatic heterocycles. The van der Waals surface area contributed by atoms with E-state index >= 15 is 0 Å². The van der Waals surface area contributed by atoms with Crippen LogP contribution in [0.1, 0.15) is 0 Å². The second-order valence-corrected chi connectivity index (χ2v) is 6.36. The van der Waals surface area contributed by atoms with Gasteiger partial charge < -0.3 is 9.47 Å². The zero-order valence-corrected chi connectivity index (χ0v) is 15.3. The van der Waals surface area contributed by atoms with Crippen LogP contribution < -0.4 is 9.47 Å². The molecule has 0 saturated carbocycles. The molecule has 0 bridgehead atoms. The first-order valence-electron chi connectivity index (χ1n) is 6.92. The molecular weight excluding hydrogens is 440 g/mol. The Morgan fingerprint density at radius 2 is 0.917 bits per heavy atom. The number of Topliss-reactive ketones (excluding diaryl/α,β-unsaturated/α-hetero) is 2. The summed E-state index contributed by atoms with van der Waals surface area (Å²) in [6.07, 6.45) is 0. The number of carbonyl (C=O) groups is 2. The topological polar surface area (TPSA) is 52.6 Å². The van der Waals surface area contributed by atoms with Crippen LogP contribution in [-0.4, -0.2) is 11.6 Å². The third-order valence-corrected chi connectivity index (χ3v) is 4.58. The third kappa shape index (κ3) is 3.34. The van der Waals surface area contributed by atoms with Gasteiger partial charge in [-0.05, 0) is 56.1 Å². The highest BCUT2D eigenvalue weighted by Gasteiger charge is 2.36. The van der Waals surface area contributed by atoms with Gasteiger partial charge >= 0.3 is 0 Å². The quantitative estimate of drug-likeness (QED) is 0.644. The Hall–Kier alpha value is -2.18. The number of carbonyl (C=O) groups excluding carboxylic acids is 2. The van der Waals surface area contributed by atoms with Gasteiger partial charge in [0.1, 0.15) is 20.5 Å². The summed E-state index contributed by atoms with van der Waals surface area (Å²) in [6, 6.07) is 17.5. The average Bonchev–Trinajstić information content (AvgIpc) is 2.62. The smallest absolute Gasteiger partial charge is 0.240 e. The Balaban J connectivity index is 1.91. The van der Waals surface area contributed by atoms with Gasteiger partial charge in [0.2, 0.25) is 11.6 Å². The van der Waals surface area contributed by atoms with Crippen LogP contribution in [0.4, 0.5) is 0 Å². The number of hydrogen-bond acceptors (Lipinski definition) is 4. The van der Waals surface area contributed by atoms with Crippen molar-refractivity contribution in [3.05, 3.63) is 81.1 Å². The molecule has 2 aromatic carbocycles. The van der Waals surface area contributed by atoms with E-state index in [0.29, 0.717) is 11.5 Å². The molecule has 0 fully saturated rings. The molecule has 24 heavy (non-hydrogen) atoms. The highest BCUT2D eigenvalue weighted by Crippen LogP contribution is 2.34. The Labute approximate surface area is 155 Å². The van der Waals surface area contributed by atoms with Crippen LogP contribution in [0.3, 0.4) is 0 Å². The SMILES string of the molecule is O=C1C(Br)=C(Oc2ccccc2)C(=O)C(Br)=C1Oc1ccccc1. The summed E-state index contributed by atoms with van der Waals surface area (Å²) in [5.41, 5.74) is 0. The molecule has 0 heterocycles. The molecule has 2 aromatic rings. The van der Waals surface area contributed by atoms with Crippen molar-refractivity contribution in [2.75, 3.05) is 0 Å². The molecule has 0 spiro atoms. The molecule has 4 nitrogen and oxygen atoms in total. The zero-order valence-electron chi connectivity index (χ0n) is 12.2. The molecule has 0 amide bonds. The van der Waals surface area contributed by atoms with Gasteiger partial charge in [-0.3, -0.25) is 9.59 Å². The fraction of sp³-hybridized carbons (Fsp3) is 0. The predicted octanol–water partition coefficient (Wildman–Crippen LogP) is 4.51. The van der Waals surface area contributed by atoms with Crippen LogP contribution in [0.2, 0.25) is 0 Å². The van der Waals surface area contributed by atoms with Gasteiger partial charge in [-0.15, -0.1) is 0 Å². The molecular formula is C18H10Br2O4. The van der Waals surface area contributed by atoms with Crippen molar-refractivity contribution < 1.29 is 19.1 Å². The van der Waals surface area contributed by atoms with Crippen molar-refractivity contribution in [1.29, 1.82) is 0 Å². The van der Waals surface area contributed by atoms with Gasteiger partial charge in [0.25, 0.3) is 0 Å². The van der Waals surface area contributed by atoms with Crippen molar-refractivity contribution in [1.82, 2.24) is 0 Å². The number of halogens is 2. The van der Waals surface area contributed by atoms with E-state index in [0.717, 1.165) is 0 Å². The van der Waals surface area contributed by atoms with Crippen molar-refractivity contribution >= 4 is 43.4 Å². The number of ether oxygens (including phenoxy) is 2. The number of allylic oxidation sites excluding steroid dienone is 2. The summed E-state index contributed by atoms with van der Waals surface area (Å²) >= 11 is 6.30. The highest BCUT2D eigenvalue weighted by atomic mass is 79.9. The van der Waals surface area contributed by atoms with Gasteiger partial charge in [-0.25, -0.2) is 0 Å². The van der Waals surface area contributed by atoms with Crippen LogP contribution in [0.5, 0.6) is 11.5 Å². The molecule has 0 N–H and O–H groups in total. The van der Waals surface area contributed by atoms with Crippen LogP contribution >= 0.6 is 31.9 Å². The number of para-hydroxylation sites is 2. The standard InChI is InChI=1S/C18H10Br2O4/c19-13-16(22)18(24-12-9-5-2-6-10-12)14(20)15(21)17(13)23-11-7-3-1-4-8-11/h1-10H. The maximum atomic E-state index is 12.5. The highest BCUT2D eigenvalue weighted by molar-refractivity contribution is 9.12. The lowest BCUT2D eigenvalue weighted by atomic mass is 10.1. The van der Waals surface area contributed by atoms with Gasteiger partial charge in [0.05, 0.1) is 0 Å².